The molecule has 120 valence electrons. The number of hydrogen-bond acceptors (Lipinski definition) is 4. The Balaban J connectivity index is 5.14. The van der Waals surface area contributed by atoms with E-state index in [0.29, 0.717) is 5.76 Å². The minimum absolute atomic E-state index is 0.255. The Kier molecular flexibility index (Phi) is 10.0. The Morgan fingerprint density at radius 1 is 1.23 bits per heavy atom. The summed E-state index contributed by atoms with van der Waals surface area (Å²) in [5.74, 6) is -0.453. The van der Waals surface area contributed by atoms with E-state index in [9.17, 15) is 4.79 Å². The van der Waals surface area contributed by atoms with Crippen molar-refractivity contribution in [3.05, 3.63) is 47.9 Å². The van der Waals surface area contributed by atoms with E-state index in [4.69, 9.17) is 9.84 Å². The summed E-state index contributed by atoms with van der Waals surface area (Å²) in [6, 6.07) is 0. The highest BCUT2D eigenvalue weighted by atomic mass is 16.5. The van der Waals surface area contributed by atoms with Gasteiger partial charge in [-0.15, -0.1) is 0 Å². The van der Waals surface area contributed by atoms with Crippen LogP contribution in [0.4, 0.5) is 0 Å². The van der Waals surface area contributed by atoms with Gasteiger partial charge in [0.1, 0.15) is 12.4 Å². The van der Waals surface area contributed by atoms with E-state index in [1.807, 2.05) is 39.8 Å². The number of rotatable bonds is 8. The number of aliphatic carboxylic acids is 1. The largest absolute Gasteiger partial charge is 0.487 e. The molecule has 0 amide bonds. The van der Waals surface area contributed by atoms with Gasteiger partial charge in [0.15, 0.2) is 0 Å². The van der Waals surface area contributed by atoms with Crippen molar-refractivity contribution in [3.63, 3.8) is 0 Å². The van der Waals surface area contributed by atoms with Crippen molar-refractivity contribution in [3.8, 4) is 0 Å². The number of carbonyl (C=O) groups is 1. The number of hydrogen-bond donors (Lipinski definition) is 1. The van der Waals surface area contributed by atoms with Crippen molar-refractivity contribution in [2.24, 2.45) is 9.98 Å². The van der Waals surface area contributed by atoms with Crippen molar-refractivity contribution in [2.75, 3.05) is 13.7 Å². The number of ether oxygens (including phenoxy) is 1. The molecule has 5 nitrogen and oxygen atoms in total. The van der Waals surface area contributed by atoms with Gasteiger partial charge in [0.25, 0.3) is 0 Å². The molecule has 0 aliphatic heterocycles. The van der Waals surface area contributed by atoms with Crippen LogP contribution in [0, 0.1) is 0 Å². The highest BCUT2D eigenvalue weighted by Gasteiger charge is 2.05. The van der Waals surface area contributed by atoms with Crippen LogP contribution in [0.3, 0.4) is 0 Å². The van der Waals surface area contributed by atoms with E-state index in [1.165, 1.54) is 6.08 Å². The monoisotopic (exact) mass is 304 g/mol. The first kappa shape index (κ1) is 19.6. The molecule has 0 atom stereocenters. The van der Waals surface area contributed by atoms with Gasteiger partial charge in [-0.25, -0.2) is 4.79 Å². The molecule has 5 heteroatoms. The molecule has 0 radical (unpaired) electrons. The van der Waals surface area contributed by atoms with Gasteiger partial charge in [0.05, 0.1) is 11.4 Å². The summed E-state index contributed by atoms with van der Waals surface area (Å²) in [7, 11) is 1.70. The van der Waals surface area contributed by atoms with Crippen molar-refractivity contribution in [1.29, 1.82) is 0 Å². The second-order valence-electron chi connectivity index (χ2n) is 4.35. The fourth-order valence-corrected chi connectivity index (χ4v) is 1.32. The molecule has 0 aliphatic rings. The fraction of sp³-hybridized carbons (Fsp3) is 0.353. The van der Waals surface area contributed by atoms with Crippen LogP contribution in [0.5, 0.6) is 0 Å². The Bertz CT molecular complexity index is 550. The lowest BCUT2D eigenvalue weighted by Gasteiger charge is -2.09. The summed E-state index contributed by atoms with van der Waals surface area (Å²) in [5.41, 5.74) is 2.40. The Morgan fingerprint density at radius 2 is 1.91 bits per heavy atom. The van der Waals surface area contributed by atoms with Gasteiger partial charge in [0, 0.05) is 18.8 Å². The number of carboxylic acid groups (broad SMARTS) is 1. The highest BCUT2D eigenvalue weighted by molar-refractivity contribution is 6.42. The molecule has 0 bridgehead atoms. The predicted molar refractivity (Wildman–Crippen MR) is 91.5 cm³/mol. The number of aliphatic imine (C=N–C) groups is 2. The smallest absolute Gasteiger partial charge is 0.328 e. The maximum atomic E-state index is 10.5. The molecule has 0 rings (SSSR count). The van der Waals surface area contributed by atoms with Crippen molar-refractivity contribution in [2.45, 2.75) is 27.7 Å². The Hall–Kier alpha value is -2.43. The SMILES string of the molecule is C\C=C/C(=C\C=C\C(=O)O)OCC(=N/C(C)=C/C)C(C)=NC. The first-order valence-electron chi connectivity index (χ1n) is 6.95. The zero-order chi connectivity index (χ0) is 17.0. The van der Waals surface area contributed by atoms with Crippen molar-refractivity contribution in [1.82, 2.24) is 0 Å². The maximum absolute atomic E-state index is 10.5. The maximum Gasteiger partial charge on any atom is 0.328 e. The molecular weight excluding hydrogens is 280 g/mol. The summed E-state index contributed by atoms with van der Waals surface area (Å²) < 4.78 is 5.69. The third-order valence-corrected chi connectivity index (χ3v) is 2.69. The third-order valence-electron chi connectivity index (χ3n) is 2.69. The van der Waals surface area contributed by atoms with E-state index in [1.54, 1.807) is 19.2 Å². The minimum atomic E-state index is -1.00. The van der Waals surface area contributed by atoms with Gasteiger partial charge in [-0.05, 0) is 39.8 Å². The second-order valence-corrected chi connectivity index (χ2v) is 4.35. The average Bonchev–Trinajstić information content (AvgIpc) is 2.49. The molecular formula is C17H24N2O3. The van der Waals surface area contributed by atoms with Crippen LogP contribution in [0.1, 0.15) is 27.7 Å². The molecule has 0 unspecified atom stereocenters. The predicted octanol–water partition coefficient (Wildman–Crippen LogP) is 3.56. The standard InChI is InChI=1S/C17H24N2O3/c1-6-9-15(10-8-11-17(20)21)22-12-16(14(4)18-5)19-13(3)7-2/h6-11H,12H2,1-5H3,(H,20,21)/b9-6-,11-8+,13-7+,15-10+,18-14?,19-16?. The quantitative estimate of drug-likeness (QED) is 0.322. The van der Waals surface area contributed by atoms with E-state index in [2.05, 4.69) is 9.98 Å². The summed E-state index contributed by atoms with van der Waals surface area (Å²) >= 11 is 0. The number of allylic oxidation sites excluding steroid dienone is 6. The first-order valence-corrected chi connectivity index (χ1v) is 6.95. The lowest BCUT2D eigenvalue weighted by Crippen LogP contribution is -2.17. The summed E-state index contributed by atoms with van der Waals surface area (Å²) in [6.07, 6.45) is 9.53. The van der Waals surface area contributed by atoms with Gasteiger partial charge in [-0.2, -0.15) is 0 Å². The minimum Gasteiger partial charge on any atom is -0.487 e. The van der Waals surface area contributed by atoms with E-state index >= 15 is 0 Å². The number of carboxylic acids is 1. The Morgan fingerprint density at radius 3 is 2.41 bits per heavy atom. The average molecular weight is 304 g/mol. The zero-order valence-electron chi connectivity index (χ0n) is 13.8. The van der Waals surface area contributed by atoms with Crippen molar-refractivity contribution >= 4 is 17.4 Å². The summed E-state index contributed by atoms with van der Waals surface area (Å²) in [6.45, 7) is 7.80. The molecule has 0 heterocycles. The lowest BCUT2D eigenvalue weighted by molar-refractivity contribution is -0.131. The molecule has 0 saturated heterocycles. The van der Waals surface area contributed by atoms with E-state index in [-0.39, 0.29) is 6.61 Å². The molecule has 1 N–H and O–H groups in total. The van der Waals surface area contributed by atoms with Crippen LogP contribution >= 0.6 is 0 Å². The molecule has 0 spiro atoms. The first-order chi connectivity index (χ1) is 10.4. The molecule has 0 aromatic rings. The Labute approximate surface area is 132 Å². The summed E-state index contributed by atoms with van der Waals surface area (Å²) in [5, 5.41) is 8.59. The molecule has 0 aliphatic carbocycles. The molecule has 0 aromatic heterocycles. The third kappa shape index (κ3) is 8.68. The normalized spacial score (nSPS) is 15.0. The topological polar surface area (TPSA) is 71.2 Å². The van der Waals surface area contributed by atoms with Gasteiger partial charge < -0.3 is 9.84 Å². The van der Waals surface area contributed by atoms with Gasteiger partial charge in [-0.3, -0.25) is 9.98 Å². The van der Waals surface area contributed by atoms with E-state index in [0.717, 1.165) is 23.2 Å². The summed E-state index contributed by atoms with van der Waals surface area (Å²) in [4.78, 5) is 19.1. The van der Waals surface area contributed by atoms with Gasteiger partial charge in [-0.1, -0.05) is 18.2 Å². The van der Waals surface area contributed by atoms with Gasteiger partial charge >= 0.3 is 5.97 Å². The van der Waals surface area contributed by atoms with Crippen LogP contribution in [-0.4, -0.2) is 36.2 Å². The van der Waals surface area contributed by atoms with Gasteiger partial charge in [0.2, 0.25) is 0 Å². The fourth-order valence-electron chi connectivity index (χ4n) is 1.32. The second kappa shape index (κ2) is 11.3. The van der Waals surface area contributed by atoms with Crippen LogP contribution in [-0.2, 0) is 9.53 Å². The zero-order valence-corrected chi connectivity index (χ0v) is 13.8. The molecule has 0 fully saturated rings. The van der Waals surface area contributed by atoms with Crippen LogP contribution in [0.2, 0.25) is 0 Å². The lowest BCUT2D eigenvalue weighted by atomic mass is 10.2. The van der Waals surface area contributed by atoms with Crippen molar-refractivity contribution < 1.29 is 14.6 Å². The number of nitrogens with zero attached hydrogens (tertiary/aromatic N) is 2. The highest BCUT2D eigenvalue weighted by Crippen LogP contribution is 2.04. The molecule has 0 saturated carbocycles. The van der Waals surface area contributed by atoms with E-state index < -0.39 is 5.97 Å². The molecule has 0 aromatic carbocycles. The van der Waals surface area contributed by atoms with Crippen LogP contribution in [0.15, 0.2) is 57.9 Å². The molecule has 22 heavy (non-hydrogen) atoms. The van der Waals surface area contributed by atoms with Crippen LogP contribution < -0.4 is 0 Å². The van der Waals surface area contributed by atoms with Crippen LogP contribution in [0.25, 0.3) is 0 Å².